The summed E-state index contributed by atoms with van der Waals surface area (Å²) in [4.78, 5) is 4.67. The number of aliphatic imine (C=N–C) groups is 1. The van der Waals surface area contributed by atoms with Crippen molar-refractivity contribution >= 4 is 5.96 Å². The molecule has 1 rings (SSSR count). The van der Waals surface area contributed by atoms with Crippen LogP contribution in [0.4, 0.5) is 0 Å². The van der Waals surface area contributed by atoms with Crippen LogP contribution in [0.5, 0.6) is 0 Å². The van der Waals surface area contributed by atoms with E-state index in [4.69, 9.17) is 0 Å². The van der Waals surface area contributed by atoms with E-state index >= 15 is 0 Å². The van der Waals surface area contributed by atoms with Crippen LogP contribution in [-0.2, 0) is 13.0 Å². The highest BCUT2D eigenvalue weighted by Gasteiger charge is 2.05. The van der Waals surface area contributed by atoms with Crippen molar-refractivity contribution in [2.24, 2.45) is 10.9 Å². The van der Waals surface area contributed by atoms with E-state index in [1.54, 1.807) is 6.33 Å². The minimum absolute atomic E-state index is 0.423. The average Bonchev–Trinajstić information content (AvgIpc) is 2.93. The Morgan fingerprint density at radius 2 is 2.09 bits per heavy atom. The zero-order valence-corrected chi connectivity index (χ0v) is 14.8. The van der Waals surface area contributed by atoms with Gasteiger partial charge in [0.2, 0.25) is 0 Å². The van der Waals surface area contributed by atoms with Crippen LogP contribution in [0.1, 0.15) is 53.3 Å². The van der Waals surface area contributed by atoms with Crippen LogP contribution in [0.3, 0.4) is 0 Å². The van der Waals surface area contributed by atoms with Gasteiger partial charge in [0.15, 0.2) is 5.96 Å². The summed E-state index contributed by atoms with van der Waals surface area (Å²) in [6.07, 6.45) is 4.88. The fourth-order valence-electron chi connectivity index (χ4n) is 1.96. The number of guanidine groups is 1. The number of aromatic nitrogens is 3. The predicted molar refractivity (Wildman–Crippen MR) is 92.0 cm³/mol. The molecule has 1 heterocycles. The van der Waals surface area contributed by atoms with Gasteiger partial charge in [0, 0.05) is 32.1 Å². The Kier molecular flexibility index (Phi) is 8.55. The maximum Gasteiger partial charge on any atom is 0.191 e. The van der Waals surface area contributed by atoms with E-state index in [0.717, 1.165) is 50.7 Å². The third-order valence-corrected chi connectivity index (χ3v) is 3.63. The number of aryl methyl sites for hydroxylation is 1. The van der Waals surface area contributed by atoms with Crippen molar-refractivity contribution in [2.45, 2.75) is 66.5 Å². The number of nitrogens with one attached hydrogen (secondary N) is 2. The number of rotatable bonds is 9. The topological polar surface area (TPSA) is 67.1 Å². The standard InChI is InChI=1S/C16H32N6/c1-6-14(5)20-16(17-9-8-13(3)4)18-10-11-22-12-19-21-15(22)7-2/h12-14H,6-11H2,1-5H3,(H2,17,18,20). The van der Waals surface area contributed by atoms with E-state index in [1.165, 1.54) is 0 Å². The van der Waals surface area contributed by atoms with E-state index in [2.05, 4.69) is 65.0 Å². The molecule has 2 N–H and O–H groups in total. The normalized spacial score (nSPS) is 13.5. The molecule has 0 spiro atoms. The summed E-state index contributed by atoms with van der Waals surface area (Å²) in [5.74, 6) is 2.61. The fourth-order valence-corrected chi connectivity index (χ4v) is 1.96. The summed E-state index contributed by atoms with van der Waals surface area (Å²) in [5.41, 5.74) is 0. The first kappa shape index (κ1) is 18.5. The molecule has 0 amide bonds. The lowest BCUT2D eigenvalue weighted by molar-refractivity contribution is 0.579. The van der Waals surface area contributed by atoms with Crippen LogP contribution in [0.25, 0.3) is 0 Å². The van der Waals surface area contributed by atoms with Gasteiger partial charge in [-0.05, 0) is 25.7 Å². The fraction of sp³-hybridized carbons (Fsp3) is 0.812. The number of hydrogen-bond donors (Lipinski definition) is 2. The van der Waals surface area contributed by atoms with E-state index in [-0.39, 0.29) is 0 Å². The molecule has 0 saturated heterocycles. The second kappa shape index (κ2) is 10.2. The summed E-state index contributed by atoms with van der Waals surface area (Å²) in [6, 6.07) is 0.423. The molecule has 0 fully saturated rings. The highest BCUT2D eigenvalue weighted by Crippen LogP contribution is 1.99. The van der Waals surface area contributed by atoms with Crippen molar-refractivity contribution < 1.29 is 0 Å². The molecule has 1 aromatic rings. The molecule has 22 heavy (non-hydrogen) atoms. The van der Waals surface area contributed by atoms with Gasteiger partial charge < -0.3 is 15.2 Å². The Morgan fingerprint density at radius 3 is 2.73 bits per heavy atom. The third kappa shape index (κ3) is 6.91. The van der Waals surface area contributed by atoms with Crippen molar-refractivity contribution in [1.82, 2.24) is 25.4 Å². The lowest BCUT2D eigenvalue weighted by atomic mass is 10.1. The third-order valence-electron chi connectivity index (χ3n) is 3.63. The van der Waals surface area contributed by atoms with Gasteiger partial charge in [-0.25, -0.2) is 0 Å². The molecule has 0 saturated carbocycles. The summed E-state index contributed by atoms with van der Waals surface area (Å²) < 4.78 is 2.09. The van der Waals surface area contributed by atoms with Gasteiger partial charge >= 0.3 is 0 Å². The van der Waals surface area contributed by atoms with Crippen LogP contribution in [0, 0.1) is 5.92 Å². The highest BCUT2D eigenvalue weighted by atomic mass is 15.3. The molecular weight excluding hydrogens is 276 g/mol. The Hall–Kier alpha value is -1.59. The van der Waals surface area contributed by atoms with Crippen LogP contribution >= 0.6 is 0 Å². The zero-order valence-electron chi connectivity index (χ0n) is 14.8. The molecule has 6 nitrogen and oxygen atoms in total. The van der Waals surface area contributed by atoms with Crippen molar-refractivity contribution in [2.75, 3.05) is 13.1 Å². The Morgan fingerprint density at radius 1 is 1.32 bits per heavy atom. The van der Waals surface area contributed by atoms with Gasteiger partial charge in [-0.2, -0.15) is 0 Å². The maximum absolute atomic E-state index is 4.67. The van der Waals surface area contributed by atoms with Crippen molar-refractivity contribution in [3.63, 3.8) is 0 Å². The first-order valence-electron chi connectivity index (χ1n) is 8.48. The SMILES string of the molecule is CCc1nncn1CCNC(=NCCC(C)C)NC(C)CC. The summed E-state index contributed by atoms with van der Waals surface area (Å²) >= 11 is 0. The largest absolute Gasteiger partial charge is 0.355 e. The summed E-state index contributed by atoms with van der Waals surface area (Å²) in [7, 11) is 0. The predicted octanol–water partition coefficient (Wildman–Crippen LogP) is 2.22. The van der Waals surface area contributed by atoms with Gasteiger partial charge in [-0.15, -0.1) is 10.2 Å². The molecule has 6 heteroatoms. The van der Waals surface area contributed by atoms with Gasteiger partial charge in [-0.3, -0.25) is 4.99 Å². The molecule has 0 aromatic carbocycles. The first-order chi connectivity index (χ1) is 10.6. The van der Waals surface area contributed by atoms with E-state index in [0.29, 0.717) is 12.0 Å². The molecule has 126 valence electrons. The Bertz CT molecular complexity index is 438. The number of hydrogen-bond acceptors (Lipinski definition) is 3. The Balaban J connectivity index is 2.49. The lowest BCUT2D eigenvalue weighted by Crippen LogP contribution is -2.43. The minimum Gasteiger partial charge on any atom is -0.355 e. The van der Waals surface area contributed by atoms with E-state index in [1.807, 2.05) is 0 Å². The first-order valence-corrected chi connectivity index (χ1v) is 8.48. The molecule has 1 atom stereocenters. The van der Waals surface area contributed by atoms with Gasteiger partial charge in [-0.1, -0.05) is 27.7 Å². The molecule has 0 radical (unpaired) electrons. The van der Waals surface area contributed by atoms with Gasteiger partial charge in [0.25, 0.3) is 0 Å². The minimum atomic E-state index is 0.423. The smallest absolute Gasteiger partial charge is 0.191 e. The molecular formula is C16H32N6. The van der Waals surface area contributed by atoms with Crippen molar-refractivity contribution in [3.8, 4) is 0 Å². The molecule has 0 aliphatic heterocycles. The molecule has 0 aliphatic carbocycles. The van der Waals surface area contributed by atoms with E-state index < -0.39 is 0 Å². The Labute approximate surface area is 134 Å². The second-order valence-electron chi connectivity index (χ2n) is 6.09. The molecule has 0 bridgehead atoms. The molecule has 1 aromatic heterocycles. The second-order valence-corrected chi connectivity index (χ2v) is 6.09. The van der Waals surface area contributed by atoms with Crippen molar-refractivity contribution in [3.05, 3.63) is 12.2 Å². The van der Waals surface area contributed by atoms with Gasteiger partial charge in [0.05, 0.1) is 0 Å². The summed E-state index contributed by atoms with van der Waals surface area (Å²) in [6.45, 7) is 13.4. The zero-order chi connectivity index (χ0) is 16.4. The van der Waals surface area contributed by atoms with Crippen LogP contribution in [0.2, 0.25) is 0 Å². The summed E-state index contributed by atoms with van der Waals surface area (Å²) in [5, 5.41) is 14.9. The van der Waals surface area contributed by atoms with Crippen LogP contribution in [-0.4, -0.2) is 39.9 Å². The van der Waals surface area contributed by atoms with Gasteiger partial charge in [0.1, 0.15) is 12.2 Å². The lowest BCUT2D eigenvalue weighted by Gasteiger charge is -2.17. The van der Waals surface area contributed by atoms with Crippen LogP contribution in [0.15, 0.2) is 11.3 Å². The molecule has 0 aliphatic rings. The van der Waals surface area contributed by atoms with Crippen molar-refractivity contribution in [1.29, 1.82) is 0 Å². The monoisotopic (exact) mass is 308 g/mol. The van der Waals surface area contributed by atoms with Crippen LogP contribution < -0.4 is 10.6 Å². The molecule has 1 unspecified atom stereocenters. The quantitative estimate of drug-likeness (QED) is 0.542. The van der Waals surface area contributed by atoms with E-state index in [9.17, 15) is 0 Å². The number of nitrogens with zero attached hydrogens (tertiary/aromatic N) is 4. The highest BCUT2D eigenvalue weighted by molar-refractivity contribution is 5.80. The average molecular weight is 308 g/mol. The maximum atomic E-state index is 4.67.